The summed E-state index contributed by atoms with van der Waals surface area (Å²) in [5.41, 5.74) is 7.46. The molecule has 1 heterocycles. The first kappa shape index (κ1) is 17.6. The van der Waals surface area contributed by atoms with Crippen LogP contribution in [0.15, 0.2) is 5.11 Å². The molecule has 0 aliphatic carbocycles. The van der Waals surface area contributed by atoms with Crippen LogP contribution in [0, 0.1) is 5.92 Å². The molecule has 1 amide bonds. The zero-order valence-electron chi connectivity index (χ0n) is 12.8. The zero-order chi connectivity index (χ0) is 15.6. The number of azide groups is 1. The zero-order valence-corrected chi connectivity index (χ0v) is 12.8. The third-order valence-electron chi connectivity index (χ3n) is 3.23. The van der Waals surface area contributed by atoms with Crippen molar-refractivity contribution in [3.8, 4) is 0 Å². The summed E-state index contributed by atoms with van der Waals surface area (Å²) in [7, 11) is 0. The maximum atomic E-state index is 11.6. The van der Waals surface area contributed by atoms with Crippen molar-refractivity contribution < 1.29 is 14.3 Å². The van der Waals surface area contributed by atoms with E-state index in [1.54, 1.807) is 13.8 Å². The molecule has 0 bridgehead atoms. The van der Waals surface area contributed by atoms with E-state index in [2.05, 4.69) is 20.7 Å². The fraction of sp³-hybridized carbons (Fsp3) is 0.923. The highest BCUT2D eigenvalue weighted by Crippen LogP contribution is 2.13. The van der Waals surface area contributed by atoms with E-state index in [1.807, 2.05) is 0 Å². The molecule has 0 saturated carbocycles. The summed E-state index contributed by atoms with van der Waals surface area (Å²) in [6.45, 7) is 7.34. The number of carbonyl (C=O) groups is 1. The van der Waals surface area contributed by atoms with Crippen LogP contribution in [0.4, 0.5) is 4.79 Å². The highest BCUT2D eigenvalue weighted by Gasteiger charge is 2.21. The molecular formula is C13H25N5O3. The van der Waals surface area contributed by atoms with Gasteiger partial charge in [-0.3, -0.25) is 0 Å². The molecule has 0 atom stereocenters. The lowest BCUT2D eigenvalue weighted by molar-refractivity contribution is 0.0455. The van der Waals surface area contributed by atoms with Crippen LogP contribution in [0.3, 0.4) is 0 Å². The number of amides is 1. The molecule has 0 unspecified atom stereocenters. The Morgan fingerprint density at radius 1 is 1.43 bits per heavy atom. The largest absolute Gasteiger partial charge is 0.443 e. The van der Waals surface area contributed by atoms with Crippen molar-refractivity contribution in [2.75, 3.05) is 39.4 Å². The van der Waals surface area contributed by atoms with Crippen LogP contribution in [-0.4, -0.2) is 51.1 Å². The molecule has 21 heavy (non-hydrogen) atoms. The molecule has 2 N–H and O–H groups in total. The van der Waals surface area contributed by atoms with Crippen molar-refractivity contribution in [1.29, 1.82) is 0 Å². The van der Waals surface area contributed by atoms with E-state index in [0.29, 0.717) is 19.0 Å². The van der Waals surface area contributed by atoms with Gasteiger partial charge in [0, 0.05) is 31.2 Å². The molecule has 0 aromatic carbocycles. The van der Waals surface area contributed by atoms with Gasteiger partial charge in [-0.25, -0.2) is 4.79 Å². The van der Waals surface area contributed by atoms with Crippen LogP contribution in [0.1, 0.15) is 26.7 Å². The smallest absolute Gasteiger partial charge is 0.407 e. The first-order chi connectivity index (χ1) is 10.0. The Hall–Kier alpha value is -1.50. The Balaban J connectivity index is 2.06. The highest BCUT2D eigenvalue weighted by molar-refractivity contribution is 5.67. The molecular weight excluding hydrogens is 274 g/mol. The van der Waals surface area contributed by atoms with Crippen LogP contribution < -0.4 is 10.6 Å². The molecule has 0 aromatic rings. The number of hydrogen-bond donors (Lipinski definition) is 2. The Labute approximate surface area is 125 Å². The summed E-state index contributed by atoms with van der Waals surface area (Å²) < 4.78 is 10.5. The number of hydrogen-bond acceptors (Lipinski definition) is 5. The average Bonchev–Trinajstić information content (AvgIpc) is 2.45. The van der Waals surface area contributed by atoms with Gasteiger partial charge in [-0.15, -0.1) is 0 Å². The first-order valence-corrected chi connectivity index (χ1v) is 7.29. The van der Waals surface area contributed by atoms with Gasteiger partial charge in [0.05, 0.1) is 6.54 Å². The second-order valence-corrected chi connectivity index (χ2v) is 5.72. The van der Waals surface area contributed by atoms with E-state index in [1.165, 1.54) is 0 Å². The first-order valence-electron chi connectivity index (χ1n) is 7.29. The maximum absolute atomic E-state index is 11.6. The van der Waals surface area contributed by atoms with Crippen LogP contribution in [0.2, 0.25) is 0 Å². The minimum atomic E-state index is -0.800. The van der Waals surface area contributed by atoms with Crippen molar-refractivity contribution in [3.63, 3.8) is 0 Å². The number of nitrogens with one attached hydrogen (secondary N) is 2. The van der Waals surface area contributed by atoms with Gasteiger partial charge in [-0.05, 0) is 44.7 Å². The molecule has 0 aromatic heterocycles. The number of nitrogens with zero attached hydrogens (tertiary/aromatic N) is 3. The molecule has 1 saturated heterocycles. The van der Waals surface area contributed by atoms with Crippen LogP contribution >= 0.6 is 0 Å². The quantitative estimate of drug-likeness (QED) is 0.308. The van der Waals surface area contributed by atoms with Crippen molar-refractivity contribution in [1.82, 2.24) is 10.6 Å². The van der Waals surface area contributed by atoms with Crippen molar-refractivity contribution in [2.24, 2.45) is 11.0 Å². The van der Waals surface area contributed by atoms with Gasteiger partial charge in [0.15, 0.2) is 0 Å². The lowest BCUT2D eigenvalue weighted by Gasteiger charge is -2.23. The molecule has 1 aliphatic rings. The van der Waals surface area contributed by atoms with Crippen molar-refractivity contribution in [2.45, 2.75) is 32.3 Å². The normalized spacial score (nSPS) is 16.1. The third-order valence-corrected chi connectivity index (χ3v) is 3.23. The van der Waals surface area contributed by atoms with Crippen LogP contribution in [0.5, 0.6) is 0 Å². The van der Waals surface area contributed by atoms with Crippen molar-refractivity contribution >= 4 is 6.09 Å². The summed E-state index contributed by atoms with van der Waals surface area (Å²) in [6, 6.07) is 0. The number of rotatable bonds is 8. The van der Waals surface area contributed by atoms with Gasteiger partial charge < -0.3 is 20.1 Å². The van der Waals surface area contributed by atoms with E-state index in [9.17, 15) is 4.79 Å². The number of ether oxygens (including phenoxy) is 2. The van der Waals surface area contributed by atoms with Gasteiger partial charge >= 0.3 is 6.09 Å². The lowest BCUT2D eigenvalue weighted by Crippen LogP contribution is -2.39. The topological polar surface area (TPSA) is 108 Å². The molecule has 1 fully saturated rings. The predicted molar refractivity (Wildman–Crippen MR) is 79.0 cm³/mol. The van der Waals surface area contributed by atoms with E-state index in [0.717, 1.165) is 32.6 Å². The van der Waals surface area contributed by atoms with E-state index < -0.39 is 11.7 Å². The number of carbonyl (C=O) groups excluding carboxylic acids is 1. The summed E-state index contributed by atoms with van der Waals surface area (Å²) >= 11 is 0. The summed E-state index contributed by atoms with van der Waals surface area (Å²) in [5.74, 6) is 0.661. The Morgan fingerprint density at radius 2 is 2.14 bits per heavy atom. The van der Waals surface area contributed by atoms with Crippen LogP contribution in [0.25, 0.3) is 10.4 Å². The Kier molecular flexibility index (Phi) is 7.89. The maximum Gasteiger partial charge on any atom is 0.407 e. The third kappa shape index (κ3) is 8.39. The molecule has 8 heteroatoms. The van der Waals surface area contributed by atoms with Gasteiger partial charge in [0.25, 0.3) is 0 Å². The summed E-state index contributed by atoms with van der Waals surface area (Å²) in [6.07, 6.45) is 1.69. The second-order valence-electron chi connectivity index (χ2n) is 5.72. The minimum absolute atomic E-state index is 0.110. The SMILES string of the molecule is CC(C)(CN=[N+]=[N-])OC(=O)NCCNCC1CCOCC1. The van der Waals surface area contributed by atoms with Gasteiger partial charge in [0.2, 0.25) is 0 Å². The standard InChI is InChI=1S/C13H25N5O3/c1-13(2,10-17-18-14)21-12(19)16-6-5-15-9-11-3-7-20-8-4-11/h11,15H,3-10H2,1-2H3,(H,16,19). The molecule has 1 rings (SSSR count). The lowest BCUT2D eigenvalue weighted by atomic mass is 10.0. The van der Waals surface area contributed by atoms with Gasteiger partial charge in [0.1, 0.15) is 5.60 Å². The van der Waals surface area contributed by atoms with E-state index in [-0.39, 0.29) is 6.54 Å². The van der Waals surface area contributed by atoms with E-state index >= 15 is 0 Å². The molecule has 8 nitrogen and oxygen atoms in total. The molecule has 120 valence electrons. The fourth-order valence-corrected chi connectivity index (χ4v) is 2.03. The Bertz CT molecular complexity index is 363. The van der Waals surface area contributed by atoms with Crippen LogP contribution in [-0.2, 0) is 9.47 Å². The molecule has 0 radical (unpaired) electrons. The van der Waals surface area contributed by atoms with E-state index in [4.69, 9.17) is 15.0 Å². The molecule has 1 aliphatic heterocycles. The minimum Gasteiger partial charge on any atom is -0.443 e. The summed E-state index contributed by atoms with van der Waals surface area (Å²) in [5, 5.41) is 9.40. The molecule has 0 spiro atoms. The predicted octanol–water partition coefficient (Wildman–Crippen LogP) is 1.82. The monoisotopic (exact) mass is 299 g/mol. The highest BCUT2D eigenvalue weighted by atomic mass is 16.6. The van der Waals surface area contributed by atoms with Gasteiger partial charge in [-0.1, -0.05) is 5.11 Å². The number of alkyl carbamates (subject to hydrolysis) is 1. The Morgan fingerprint density at radius 3 is 2.81 bits per heavy atom. The van der Waals surface area contributed by atoms with Gasteiger partial charge in [-0.2, -0.15) is 0 Å². The summed E-state index contributed by atoms with van der Waals surface area (Å²) in [4.78, 5) is 14.2. The fourth-order valence-electron chi connectivity index (χ4n) is 2.03. The average molecular weight is 299 g/mol. The second kappa shape index (κ2) is 9.44. The van der Waals surface area contributed by atoms with Crippen molar-refractivity contribution in [3.05, 3.63) is 10.4 Å².